The van der Waals surface area contributed by atoms with E-state index in [1.165, 1.54) is 6.26 Å². The number of nitrogens with one attached hydrogen (secondary N) is 2. The molecule has 32 heavy (non-hydrogen) atoms. The number of aromatic nitrogens is 4. The number of piperidine rings is 1. The Morgan fingerprint density at radius 3 is 2.62 bits per heavy atom. The summed E-state index contributed by atoms with van der Waals surface area (Å²) in [6, 6.07) is 6.00. The van der Waals surface area contributed by atoms with Crippen LogP contribution in [-0.4, -0.2) is 66.8 Å². The molecule has 0 aromatic carbocycles. The summed E-state index contributed by atoms with van der Waals surface area (Å²) in [5.74, 6) is 1.62. The Hall–Kier alpha value is -2.69. The molecule has 10 heteroatoms. The maximum Gasteiger partial charge on any atom is 0.208 e. The Labute approximate surface area is 187 Å². The lowest BCUT2D eigenvalue weighted by atomic mass is 9.76. The first-order valence-corrected chi connectivity index (χ1v) is 12.8. The Balaban J connectivity index is 1.35. The van der Waals surface area contributed by atoms with Crippen LogP contribution in [-0.2, 0) is 10.0 Å². The summed E-state index contributed by atoms with van der Waals surface area (Å²) in [6.45, 7) is 3.17. The van der Waals surface area contributed by atoms with E-state index >= 15 is 0 Å². The van der Waals surface area contributed by atoms with Gasteiger partial charge in [0.25, 0.3) is 0 Å². The van der Waals surface area contributed by atoms with E-state index in [-0.39, 0.29) is 11.5 Å². The molecule has 2 aliphatic heterocycles. The van der Waals surface area contributed by atoms with Crippen molar-refractivity contribution in [3.05, 3.63) is 43.0 Å². The van der Waals surface area contributed by atoms with E-state index in [0.717, 1.165) is 61.2 Å². The van der Waals surface area contributed by atoms with Crippen LogP contribution in [0.25, 0.3) is 22.3 Å². The van der Waals surface area contributed by atoms with Crippen LogP contribution >= 0.6 is 0 Å². The highest BCUT2D eigenvalue weighted by Crippen LogP contribution is 2.41. The van der Waals surface area contributed by atoms with Crippen molar-refractivity contribution in [1.82, 2.24) is 30.0 Å². The number of rotatable bonds is 5. The van der Waals surface area contributed by atoms with E-state index in [2.05, 4.69) is 24.9 Å². The maximum atomic E-state index is 11.4. The molecule has 2 fully saturated rings. The molecule has 5 rings (SSSR count). The molecule has 3 aromatic rings. The van der Waals surface area contributed by atoms with Gasteiger partial charge in [0.2, 0.25) is 10.0 Å². The van der Waals surface area contributed by atoms with Gasteiger partial charge < -0.3 is 10.2 Å². The third-order valence-corrected chi connectivity index (χ3v) is 7.27. The van der Waals surface area contributed by atoms with Crippen molar-refractivity contribution in [1.29, 1.82) is 0 Å². The summed E-state index contributed by atoms with van der Waals surface area (Å²) < 4.78 is 25.5. The van der Waals surface area contributed by atoms with Crippen molar-refractivity contribution < 1.29 is 8.42 Å². The van der Waals surface area contributed by atoms with Crippen LogP contribution in [0.1, 0.15) is 19.3 Å². The zero-order valence-corrected chi connectivity index (χ0v) is 18.8. The number of anilines is 1. The van der Waals surface area contributed by atoms with Crippen molar-refractivity contribution in [3.8, 4) is 11.4 Å². The standard InChI is InChI=1S/C22H27N7O2S/c1-32(30,31)26-13-17-12-22(15-25-17)5-10-29(11-6-22)21-18-4-9-24-14-19(18)27-20(28-21)16-2-7-23-8-3-16/h2-4,7-9,14,17,25-26H,5-6,10-13,15H2,1H3. The molecule has 168 valence electrons. The summed E-state index contributed by atoms with van der Waals surface area (Å²) in [6.07, 6.45) is 11.3. The van der Waals surface area contributed by atoms with Crippen LogP contribution < -0.4 is 14.9 Å². The second-order valence-corrected chi connectivity index (χ2v) is 10.7. The quantitative estimate of drug-likeness (QED) is 0.599. The molecule has 0 amide bonds. The van der Waals surface area contributed by atoms with E-state index in [1.807, 2.05) is 18.2 Å². The fraction of sp³-hybridized carbons (Fsp3) is 0.455. The number of pyridine rings is 2. The predicted molar refractivity (Wildman–Crippen MR) is 124 cm³/mol. The van der Waals surface area contributed by atoms with Gasteiger partial charge in [-0.05, 0) is 42.9 Å². The molecule has 1 spiro atoms. The van der Waals surface area contributed by atoms with Gasteiger partial charge in [-0.1, -0.05) is 0 Å². The molecule has 3 aromatic heterocycles. The highest BCUT2D eigenvalue weighted by molar-refractivity contribution is 7.88. The molecule has 1 unspecified atom stereocenters. The first-order chi connectivity index (χ1) is 15.4. The molecule has 1 atom stereocenters. The number of hydrogen-bond acceptors (Lipinski definition) is 8. The minimum Gasteiger partial charge on any atom is -0.356 e. The molecule has 0 radical (unpaired) electrons. The monoisotopic (exact) mass is 453 g/mol. The summed E-state index contributed by atoms with van der Waals surface area (Å²) in [4.78, 5) is 20.4. The smallest absolute Gasteiger partial charge is 0.208 e. The Morgan fingerprint density at radius 2 is 1.88 bits per heavy atom. The van der Waals surface area contributed by atoms with Gasteiger partial charge >= 0.3 is 0 Å². The van der Waals surface area contributed by atoms with Gasteiger partial charge in [0, 0.05) is 61.8 Å². The third kappa shape index (κ3) is 4.43. The molecular formula is C22H27N7O2S. The fourth-order valence-electron chi connectivity index (χ4n) is 4.83. The van der Waals surface area contributed by atoms with Gasteiger partial charge in [-0.3, -0.25) is 9.97 Å². The highest BCUT2D eigenvalue weighted by Gasteiger charge is 2.41. The minimum absolute atomic E-state index is 0.181. The average Bonchev–Trinajstić information content (AvgIpc) is 3.20. The van der Waals surface area contributed by atoms with Crippen LogP contribution in [0.2, 0.25) is 0 Å². The van der Waals surface area contributed by atoms with Crippen LogP contribution in [0.4, 0.5) is 5.82 Å². The molecule has 2 aliphatic rings. The number of sulfonamides is 1. The van der Waals surface area contributed by atoms with Crippen molar-refractivity contribution in [3.63, 3.8) is 0 Å². The Kier molecular flexibility index (Phi) is 5.52. The normalized spacial score (nSPS) is 20.8. The van der Waals surface area contributed by atoms with E-state index in [4.69, 9.17) is 9.97 Å². The topological polar surface area (TPSA) is 113 Å². The molecule has 0 saturated carbocycles. The zero-order valence-electron chi connectivity index (χ0n) is 18.0. The van der Waals surface area contributed by atoms with Crippen LogP contribution in [0.5, 0.6) is 0 Å². The van der Waals surface area contributed by atoms with Crippen molar-refractivity contribution in [2.45, 2.75) is 25.3 Å². The summed E-state index contributed by atoms with van der Waals surface area (Å²) in [7, 11) is -3.17. The van der Waals surface area contributed by atoms with E-state index in [0.29, 0.717) is 12.4 Å². The maximum absolute atomic E-state index is 11.4. The first-order valence-electron chi connectivity index (χ1n) is 10.9. The summed E-state index contributed by atoms with van der Waals surface area (Å²) >= 11 is 0. The van der Waals surface area contributed by atoms with Crippen LogP contribution in [0, 0.1) is 5.41 Å². The van der Waals surface area contributed by atoms with E-state index < -0.39 is 10.0 Å². The molecule has 0 bridgehead atoms. The lowest BCUT2D eigenvalue weighted by Crippen LogP contribution is -2.41. The summed E-state index contributed by atoms with van der Waals surface area (Å²) in [5, 5.41) is 4.53. The van der Waals surface area contributed by atoms with Crippen LogP contribution in [0.3, 0.4) is 0 Å². The first kappa shape index (κ1) is 21.2. The second kappa shape index (κ2) is 8.34. The van der Waals surface area contributed by atoms with Gasteiger partial charge in [-0.15, -0.1) is 0 Å². The Morgan fingerprint density at radius 1 is 1.12 bits per heavy atom. The van der Waals surface area contributed by atoms with Gasteiger partial charge in [-0.25, -0.2) is 23.1 Å². The molecule has 0 aliphatic carbocycles. The number of fused-ring (bicyclic) bond motifs is 1. The van der Waals surface area contributed by atoms with Crippen molar-refractivity contribution >= 4 is 26.7 Å². The Bertz CT molecular complexity index is 1210. The second-order valence-electron chi connectivity index (χ2n) is 8.89. The third-order valence-electron chi connectivity index (χ3n) is 6.58. The molecule has 2 saturated heterocycles. The van der Waals surface area contributed by atoms with Gasteiger partial charge in [-0.2, -0.15) is 0 Å². The molecule has 9 nitrogen and oxygen atoms in total. The average molecular weight is 454 g/mol. The summed E-state index contributed by atoms with van der Waals surface area (Å²) in [5.41, 5.74) is 1.97. The van der Waals surface area contributed by atoms with Gasteiger partial charge in [0.05, 0.1) is 18.0 Å². The molecule has 2 N–H and O–H groups in total. The van der Waals surface area contributed by atoms with Crippen LogP contribution in [0.15, 0.2) is 43.0 Å². The largest absolute Gasteiger partial charge is 0.356 e. The minimum atomic E-state index is -3.17. The predicted octanol–water partition coefficient (Wildman–Crippen LogP) is 1.58. The van der Waals surface area contributed by atoms with Gasteiger partial charge in [0.15, 0.2) is 5.82 Å². The van der Waals surface area contributed by atoms with Gasteiger partial charge in [0.1, 0.15) is 5.82 Å². The highest BCUT2D eigenvalue weighted by atomic mass is 32.2. The SMILES string of the molecule is CS(=O)(=O)NCC1CC2(CCN(c3nc(-c4ccncc4)nc4cnccc34)CC2)CN1. The molecular weight excluding hydrogens is 426 g/mol. The lowest BCUT2D eigenvalue weighted by molar-refractivity contribution is 0.242. The number of hydrogen-bond donors (Lipinski definition) is 2. The lowest BCUT2D eigenvalue weighted by Gasteiger charge is -2.40. The van der Waals surface area contributed by atoms with Crippen molar-refractivity contribution in [2.24, 2.45) is 5.41 Å². The van der Waals surface area contributed by atoms with E-state index in [1.54, 1.807) is 24.8 Å². The molecule has 5 heterocycles. The fourth-order valence-corrected chi connectivity index (χ4v) is 5.34. The van der Waals surface area contributed by atoms with E-state index in [9.17, 15) is 8.42 Å². The van der Waals surface area contributed by atoms with Crippen molar-refractivity contribution in [2.75, 3.05) is 37.3 Å². The number of nitrogens with zero attached hydrogens (tertiary/aromatic N) is 5. The zero-order chi connectivity index (χ0) is 22.2.